The van der Waals surface area contributed by atoms with E-state index in [2.05, 4.69) is 0 Å². The van der Waals surface area contributed by atoms with Crippen LogP contribution in [-0.2, 0) is 19.7 Å². The second-order valence-electron chi connectivity index (χ2n) is 8.00. The number of pyridine rings is 1. The molecule has 2 aliphatic rings. The third kappa shape index (κ3) is 2.80. The number of rotatable bonds is 4. The van der Waals surface area contributed by atoms with Crippen LogP contribution in [0.25, 0.3) is 10.9 Å². The largest absolute Gasteiger partial charge is 0.477 e. The molecule has 3 aromatic rings. The monoisotopic (exact) mass is 427 g/mol. The van der Waals surface area contributed by atoms with Gasteiger partial charge in [0.1, 0.15) is 11.3 Å². The van der Waals surface area contributed by atoms with Gasteiger partial charge in [-0.3, -0.25) is 4.79 Å². The number of nitrogens with two attached hydrogens (primary N) is 1. The van der Waals surface area contributed by atoms with Gasteiger partial charge in [0.05, 0.1) is 23.2 Å². The fourth-order valence-corrected chi connectivity index (χ4v) is 4.42. The number of fused-ring (bicyclic) bond motifs is 2. The van der Waals surface area contributed by atoms with Crippen LogP contribution < -0.4 is 16.1 Å². The fourth-order valence-electron chi connectivity index (χ4n) is 4.42. The molecule has 160 valence electrons. The Morgan fingerprint density at radius 1 is 1.19 bits per heavy atom. The number of aliphatic hydroxyl groups excluding tert-OH is 1. The molecule has 1 aliphatic carbocycles. The highest BCUT2D eigenvalue weighted by molar-refractivity contribution is 5.99. The molecule has 0 saturated heterocycles. The molecule has 4 N–H and O–H groups in total. The van der Waals surface area contributed by atoms with E-state index in [4.69, 9.17) is 5.73 Å². The predicted octanol–water partition coefficient (Wildman–Crippen LogP) is 2.91. The summed E-state index contributed by atoms with van der Waals surface area (Å²) >= 11 is 0. The van der Waals surface area contributed by atoms with Crippen LogP contribution >= 0.6 is 0 Å². The van der Waals surface area contributed by atoms with E-state index in [0.29, 0.717) is 18.4 Å². The van der Waals surface area contributed by atoms with Crippen molar-refractivity contribution in [3.63, 3.8) is 0 Å². The summed E-state index contributed by atoms with van der Waals surface area (Å²) in [6.07, 6.45) is 2.51. The first-order valence-electron chi connectivity index (χ1n) is 9.87. The number of anilines is 2. The summed E-state index contributed by atoms with van der Waals surface area (Å²) < 4.78 is 32.6. The van der Waals surface area contributed by atoms with Crippen molar-refractivity contribution in [1.82, 2.24) is 4.57 Å². The fraction of sp³-hybridized carbons (Fsp3) is 0.273. The Kier molecular flexibility index (Phi) is 4.26. The van der Waals surface area contributed by atoms with Gasteiger partial charge >= 0.3 is 5.97 Å². The Balaban J connectivity index is 1.77. The minimum absolute atomic E-state index is 0.172. The summed E-state index contributed by atoms with van der Waals surface area (Å²) in [5.74, 6) is -3.51. The van der Waals surface area contributed by atoms with Crippen LogP contribution in [0.2, 0.25) is 0 Å². The first kappa shape index (κ1) is 19.5. The lowest BCUT2D eigenvalue weighted by Crippen LogP contribution is -2.24. The van der Waals surface area contributed by atoms with E-state index in [1.54, 1.807) is 12.1 Å². The zero-order valence-corrected chi connectivity index (χ0v) is 16.4. The van der Waals surface area contributed by atoms with Gasteiger partial charge in [-0.1, -0.05) is 18.2 Å². The molecule has 0 atom stereocenters. The third-order valence-corrected chi connectivity index (χ3v) is 6.10. The standard InChI is InChI=1S/C22H19F2N3O4/c23-16-18(25)15-19(27(12-4-5-12)8-14(21(15)29)22(30)31)17(24)20(16)26-6-10-2-1-3-11(9-28)13(10)7-26/h1-3,8,12,28H,4-7,9,25H2,(H,30,31). The summed E-state index contributed by atoms with van der Waals surface area (Å²) in [6, 6.07) is 5.17. The molecule has 0 amide bonds. The van der Waals surface area contributed by atoms with Crippen molar-refractivity contribution in [3.05, 3.63) is 68.5 Å². The van der Waals surface area contributed by atoms with E-state index in [1.165, 1.54) is 9.47 Å². The highest BCUT2D eigenvalue weighted by atomic mass is 19.1. The van der Waals surface area contributed by atoms with Gasteiger partial charge in [-0.15, -0.1) is 0 Å². The minimum Gasteiger partial charge on any atom is -0.477 e. The topological polar surface area (TPSA) is 109 Å². The van der Waals surface area contributed by atoms with Crippen LogP contribution in [0.1, 0.15) is 45.9 Å². The van der Waals surface area contributed by atoms with E-state index in [9.17, 15) is 19.8 Å². The number of carboxylic acids is 1. The predicted molar refractivity (Wildman–Crippen MR) is 110 cm³/mol. The Hall–Kier alpha value is -3.46. The second kappa shape index (κ2) is 6.78. The normalized spacial score (nSPS) is 15.5. The lowest BCUT2D eigenvalue weighted by Gasteiger charge is -2.23. The Morgan fingerprint density at radius 3 is 2.58 bits per heavy atom. The molecule has 5 rings (SSSR count). The van der Waals surface area contributed by atoms with Gasteiger partial charge in [0.2, 0.25) is 5.43 Å². The average molecular weight is 427 g/mol. The smallest absolute Gasteiger partial charge is 0.341 e. The first-order valence-corrected chi connectivity index (χ1v) is 9.87. The number of nitrogens with zero attached hydrogens (tertiary/aromatic N) is 2. The molecule has 7 nitrogen and oxygen atoms in total. The summed E-state index contributed by atoms with van der Waals surface area (Å²) in [4.78, 5) is 25.8. The van der Waals surface area contributed by atoms with Gasteiger partial charge in [0, 0.05) is 25.3 Å². The first-order chi connectivity index (χ1) is 14.8. The summed E-state index contributed by atoms with van der Waals surface area (Å²) in [7, 11) is 0. The van der Waals surface area contributed by atoms with Gasteiger partial charge in [0.25, 0.3) is 0 Å². The highest BCUT2D eigenvalue weighted by Crippen LogP contribution is 2.43. The maximum Gasteiger partial charge on any atom is 0.341 e. The van der Waals surface area contributed by atoms with Gasteiger partial charge in [-0.05, 0) is 29.5 Å². The Morgan fingerprint density at radius 2 is 1.94 bits per heavy atom. The minimum atomic E-state index is -1.47. The summed E-state index contributed by atoms with van der Waals surface area (Å²) in [5, 5.41) is 18.5. The van der Waals surface area contributed by atoms with Crippen molar-refractivity contribution < 1.29 is 23.8 Å². The van der Waals surface area contributed by atoms with Crippen LogP contribution in [0.5, 0.6) is 0 Å². The lowest BCUT2D eigenvalue weighted by atomic mass is 10.0. The van der Waals surface area contributed by atoms with Crippen molar-refractivity contribution in [2.24, 2.45) is 0 Å². The zero-order chi connectivity index (χ0) is 22.0. The maximum absolute atomic E-state index is 15.8. The molecular formula is C22H19F2N3O4. The molecular weight excluding hydrogens is 408 g/mol. The molecule has 2 heterocycles. The van der Waals surface area contributed by atoms with E-state index in [0.717, 1.165) is 17.3 Å². The molecule has 31 heavy (non-hydrogen) atoms. The number of aromatic carboxylic acids is 1. The van der Waals surface area contributed by atoms with E-state index >= 15 is 8.78 Å². The molecule has 1 fully saturated rings. The average Bonchev–Trinajstić information content (AvgIpc) is 3.49. The molecule has 0 spiro atoms. The molecule has 1 saturated carbocycles. The number of carboxylic acid groups (broad SMARTS) is 1. The van der Waals surface area contributed by atoms with E-state index in [-0.39, 0.29) is 36.9 Å². The molecule has 1 aromatic heterocycles. The Labute approximate surface area is 174 Å². The Bertz CT molecular complexity index is 1330. The number of nitrogen functional groups attached to an aromatic ring is 1. The van der Waals surface area contributed by atoms with Crippen LogP contribution in [0.15, 0.2) is 29.2 Å². The van der Waals surface area contributed by atoms with E-state index in [1.807, 2.05) is 6.07 Å². The number of aliphatic hydroxyl groups is 1. The van der Waals surface area contributed by atoms with Gasteiger partial charge in [-0.2, -0.15) is 0 Å². The maximum atomic E-state index is 15.8. The van der Waals surface area contributed by atoms with Crippen molar-refractivity contribution in [2.75, 3.05) is 10.6 Å². The van der Waals surface area contributed by atoms with E-state index < -0.39 is 39.7 Å². The molecule has 2 aromatic carbocycles. The summed E-state index contributed by atoms with van der Waals surface area (Å²) in [6.45, 7) is 0.190. The van der Waals surface area contributed by atoms with Crippen LogP contribution in [0.3, 0.4) is 0 Å². The number of benzene rings is 2. The van der Waals surface area contributed by atoms with Crippen LogP contribution in [0, 0.1) is 11.6 Å². The molecule has 0 radical (unpaired) electrons. The number of aromatic nitrogens is 1. The molecule has 0 unspecified atom stereocenters. The number of carbonyl (C=O) groups is 1. The molecule has 9 heteroatoms. The number of hydrogen-bond acceptors (Lipinski definition) is 5. The van der Waals surface area contributed by atoms with Crippen molar-refractivity contribution in [1.29, 1.82) is 0 Å². The van der Waals surface area contributed by atoms with Crippen molar-refractivity contribution >= 4 is 28.2 Å². The molecule has 1 aliphatic heterocycles. The quantitative estimate of drug-likeness (QED) is 0.553. The SMILES string of the molecule is Nc1c(F)c(N2Cc3cccc(CO)c3C2)c(F)c2c1c(=O)c(C(=O)O)cn2C1CC1. The van der Waals surface area contributed by atoms with Crippen molar-refractivity contribution in [2.45, 2.75) is 38.6 Å². The third-order valence-electron chi connectivity index (χ3n) is 6.10. The zero-order valence-electron chi connectivity index (χ0n) is 16.4. The van der Waals surface area contributed by atoms with Gasteiger partial charge in [0.15, 0.2) is 11.6 Å². The van der Waals surface area contributed by atoms with Crippen LogP contribution in [-0.4, -0.2) is 20.7 Å². The summed E-state index contributed by atoms with van der Waals surface area (Å²) in [5.41, 5.74) is 5.60. The van der Waals surface area contributed by atoms with Gasteiger partial charge in [-0.25, -0.2) is 13.6 Å². The van der Waals surface area contributed by atoms with Crippen molar-refractivity contribution in [3.8, 4) is 0 Å². The number of hydrogen-bond donors (Lipinski definition) is 3. The number of halogens is 2. The van der Waals surface area contributed by atoms with Gasteiger partial charge < -0.3 is 25.4 Å². The second-order valence-corrected chi connectivity index (χ2v) is 8.00. The highest BCUT2D eigenvalue weighted by Gasteiger charge is 2.34. The lowest BCUT2D eigenvalue weighted by molar-refractivity contribution is 0.0695. The van der Waals surface area contributed by atoms with Crippen LogP contribution in [0.4, 0.5) is 20.2 Å². The molecule has 0 bridgehead atoms.